The highest BCUT2D eigenvalue weighted by molar-refractivity contribution is 5.88. The van der Waals surface area contributed by atoms with Crippen LogP contribution in [0.5, 0.6) is 11.5 Å². The van der Waals surface area contributed by atoms with Gasteiger partial charge in [0.05, 0.1) is 5.56 Å². The largest absolute Gasteiger partial charge is 0.490 e. The summed E-state index contributed by atoms with van der Waals surface area (Å²) in [6.45, 7) is 2.90. The number of H-pyrrole nitrogens is 1. The van der Waals surface area contributed by atoms with Gasteiger partial charge in [-0.3, -0.25) is 4.79 Å². The number of nitrogens with one attached hydrogen (secondary N) is 2. The molecule has 0 saturated carbocycles. The molecule has 4 aromatic rings. The number of fused-ring (bicyclic) bond motifs is 1. The number of carbonyl (C=O) groups excluding carboxylic acids is 1. The number of carboxylic acids is 1. The molecule has 0 aliphatic heterocycles. The quantitative estimate of drug-likeness (QED) is 0.300. The van der Waals surface area contributed by atoms with Crippen LogP contribution < -0.4 is 14.8 Å². The van der Waals surface area contributed by atoms with Gasteiger partial charge in [-0.25, -0.2) is 4.79 Å². The van der Waals surface area contributed by atoms with Crippen LogP contribution >= 0.6 is 0 Å². The van der Waals surface area contributed by atoms with Crippen molar-refractivity contribution in [2.24, 2.45) is 0 Å². The van der Waals surface area contributed by atoms with Gasteiger partial charge >= 0.3 is 5.97 Å². The molecule has 0 atom stereocenters. The molecule has 0 radical (unpaired) electrons. The summed E-state index contributed by atoms with van der Waals surface area (Å²) in [7, 11) is 0. The van der Waals surface area contributed by atoms with Crippen molar-refractivity contribution in [3.05, 3.63) is 84.1 Å². The van der Waals surface area contributed by atoms with Crippen molar-refractivity contribution in [3.63, 3.8) is 0 Å². The Labute approximate surface area is 197 Å². The molecule has 3 aromatic carbocycles. The van der Waals surface area contributed by atoms with Gasteiger partial charge in [0.15, 0.2) is 0 Å². The van der Waals surface area contributed by atoms with Gasteiger partial charge in [0.25, 0.3) is 0 Å². The van der Waals surface area contributed by atoms with E-state index in [9.17, 15) is 9.59 Å². The van der Waals surface area contributed by atoms with E-state index < -0.39 is 5.97 Å². The first-order valence-corrected chi connectivity index (χ1v) is 11.0. The molecule has 0 aliphatic carbocycles. The summed E-state index contributed by atoms with van der Waals surface area (Å²) in [5.74, 6) is 0.522. The summed E-state index contributed by atoms with van der Waals surface area (Å²) in [4.78, 5) is 25.3. The van der Waals surface area contributed by atoms with Gasteiger partial charge in [0.2, 0.25) is 5.91 Å². The molecule has 1 amide bonds. The highest BCUT2D eigenvalue weighted by Gasteiger charge is 2.07. The number of rotatable bonds is 10. The van der Waals surface area contributed by atoms with E-state index in [2.05, 4.69) is 10.3 Å². The van der Waals surface area contributed by atoms with E-state index in [1.165, 1.54) is 6.92 Å². The SMILES string of the molecule is CC(=O)NCCc1c[nH]c2ccc(OCCOc3ccc(-c4ccc(C(=O)O)cc4)cc3)cc12. The molecule has 0 saturated heterocycles. The van der Waals surface area contributed by atoms with Crippen LogP contribution in [0.3, 0.4) is 0 Å². The minimum Gasteiger partial charge on any atom is -0.490 e. The summed E-state index contributed by atoms with van der Waals surface area (Å²) in [5.41, 5.74) is 4.34. The minimum absolute atomic E-state index is 0.0344. The van der Waals surface area contributed by atoms with E-state index in [-0.39, 0.29) is 11.5 Å². The zero-order chi connectivity index (χ0) is 23.9. The van der Waals surface area contributed by atoms with Crippen molar-refractivity contribution >= 4 is 22.8 Å². The number of ether oxygens (including phenoxy) is 2. The molecular formula is C27H26N2O5. The van der Waals surface area contributed by atoms with Crippen molar-refractivity contribution in [1.82, 2.24) is 10.3 Å². The predicted octanol–water partition coefficient (Wildman–Crippen LogP) is 4.67. The van der Waals surface area contributed by atoms with Gasteiger partial charge in [-0.05, 0) is 65.6 Å². The lowest BCUT2D eigenvalue weighted by Gasteiger charge is -2.10. The number of carboxylic acid groups (broad SMARTS) is 1. The van der Waals surface area contributed by atoms with Crippen LogP contribution in [0.25, 0.3) is 22.0 Å². The normalized spacial score (nSPS) is 10.7. The third kappa shape index (κ3) is 5.75. The summed E-state index contributed by atoms with van der Waals surface area (Å²) >= 11 is 0. The molecule has 3 N–H and O–H groups in total. The van der Waals surface area contributed by atoms with Crippen molar-refractivity contribution in [2.75, 3.05) is 19.8 Å². The van der Waals surface area contributed by atoms with E-state index in [4.69, 9.17) is 14.6 Å². The molecule has 34 heavy (non-hydrogen) atoms. The molecule has 7 nitrogen and oxygen atoms in total. The monoisotopic (exact) mass is 458 g/mol. The second-order valence-corrected chi connectivity index (χ2v) is 7.86. The van der Waals surface area contributed by atoms with Gasteiger partial charge in [-0.15, -0.1) is 0 Å². The van der Waals surface area contributed by atoms with Crippen LogP contribution in [0.2, 0.25) is 0 Å². The summed E-state index contributed by atoms with van der Waals surface area (Å²) in [6, 6.07) is 20.3. The Hall–Kier alpha value is -4.26. The molecule has 0 aliphatic rings. The fraction of sp³-hybridized carbons (Fsp3) is 0.185. The number of aromatic carboxylic acids is 1. The van der Waals surface area contributed by atoms with Crippen molar-refractivity contribution in [2.45, 2.75) is 13.3 Å². The Kier molecular flexibility index (Phi) is 7.13. The van der Waals surface area contributed by atoms with Gasteiger partial charge in [0.1, 0.15) is 24.7 Å². The second-order valence-electron chi connectivity index (χ2n) is 7.86. The Bertz CT molecular complexity index is 1280. The van der Waals surface area contributed by atoms with Gasteiger partial charge in [-0.1, -0.05) is 24.3 Å². The van der Waals surface area contributed by atoms with Crippen LogP contribution in [0, 0.1) is 0 Å². The number of amides is 1. The Morgan fingerprint density at radius 3 is 2.15 bits per heavy atom. The average molecular weight is 459 g/mol. The highest BCUT2D eigenvalue weighted by atomic mass is 16.5. The molecule has 1 heterocycles. The van der Waals surface area contributed by atoms with Gasteiger partial charge in [-0.2, -0.15) is 0 Å². The van der Waals surface area contributed by atoms with Crippen molar-refractivity contribution in [1.29, 1.82) is 0 Å². The molecule has 0 spiro atoms. The van der Waals surface area contributed by atoms with Crippen molar-refractivity contribution in [3.8, 4) is 22.6 Å². The van der Waals surface area contributed by atoms with Crippen LogP contribution in [-0.2, 0) is 11.2 Å². The van der Waals surface area contributed by atoms with E-state index in [0.29, 0.717) is 19.8 Å². The molecule has 4 rings (SSSR count). The van der Waals surface area contributed by atoms with Crippen LogP contribution in [-0.4, -0.2) is 41.7 Å². The number of benzene rings is 3. The zero-order valence-electron chi connectivity index (χ0n) is 18.8. The molecule has 0 fully saturated rings. The lowest BCUT2D eigenvalue weighted by atomic mass is 10.0. The topological polar surface area (TPSA) is 101 Å². The standard InChI is InChI=1S/C27H26N2O5/c1-18(30)28-13-12-22-17-29-26-11-10-24(16-25(22)26)34-15-14-33-23-8-6-20(7-9-23)19-2-4-21(5-3-19)27(31)32/h2-11,16-17,29H,12-15H2,1H3,(H,28,30)(H,31,32). The molecule has 174 valence electrons. The summed E-state index contributed by atoms with van der Waals surface area (Å²) < 4.78 is 11.7. The first-order chi connectivity index (χ1) is 16.5. The minimum atomic E-state index is -0.937. The third-order valence-electron chi connectivity index (χ3n) is 5.45. The Balaban J connectivity index is 1.28. The van der Waals surface area contributed by atoms with Crippen LogP contribution in [0.15, 0.2) is 72.9 Å². The number of aromatic amines is 1. The average Bonchev–Trinajstić information content (AvgIpc) is 3.24. The number of hydrogen-bond donors (Lipinski definition) is 3. The smallest absolute Gasteiger partial charge is 0.335 e. The molecule has 7 heteroatoms. The van der Waals surface area contributed by atoms with E-state index in [1.807, 2.05) is 48.7 Å². The van der Waals surface area contributed by atoms with Crippen LogP contribution in [0.1, 0.15) is 22.8 Å². The lowest BCUT2D eigenvalue weighted by Crippen LogP contribution is -2.22. The summed E-state index contributed by atoms with van der Waals surface area (Å²) in [6.07, 6.45) is 2.70. The predicted molar refractivity (Wildman–Crippen MR) is 131 cm³/mol. The molecule has 0 bridgehead atoms. The van der Waals surface area contributed by atoms with Crippen LogP contribution in [0.4, 0.5) is 0 Å². The first-order valence-electron chi connectivity index (χ1n) is 11.0. The zero-order valence-corrected chi connectivity index (χ0v) is 18.8. The molecule has 1 aromatic heterocycles. The maximum atomic E-state index is 11.1. The van der Waals surface area contributed by atoms with Gasteiger partial charge in [0, 0.05) is 30.6 Å². The fourth-order valence-corrected chi connectivity index (χ4v) is 3.70. The first kappa shape index (κ1) is 22.9. The van der Waals surface area contributed by atoms with Gasteiger partial charge < -0.3 is 24.9 Å². The number of hydrogen-bond acceptors (Lipinski definition) is 4. The fourth-order valence-electron chi connectivity index (χ4n) is 3.70. The second kappa shape index (κ2) is 10.6. The maximum absolute atomic E-state index is 11.1. The molecule has 0 unspecified atom stereocenters. The summed E-state index contributed by atoms with van der Waals surface area (Å²) in [5, 5.41) is 12.9. The van der Waals surface area contributed by atoms with E-state index in [1.54, 1.807) is 24.3 Å². The highest BCUT2D eigenvalue weighted by Crippen LogP contribution is 2.25. The van der Waals surface area contributed by atoms with E-state index in [0.717, 1.165) is 45.5 Å². The third-order valence-corrected chi connectivity index (χ3v) is 5.45. The number of carbonyl (C=O) groups is 2. The molecular weight excluding hydrogens is 432 g/mol. The Morgan fingerprint density at radius 2 is 1.50 bits per heavy atom. The lowest BCUT2D eigenvalue weighted by molar-refractivity contribution is -0.118. The number of aromatic nitrogens is 1. The Morgan fingerprint density at radius 1 is 0.882 bits per heavy atom. The maximum Gasteiger partial charge on any atom is 0.335 e. The van der Waals surface area contributed by atoms with Crippen molar-refractivity contribution < 1.29 is 24.2 Å². The van der Waals surface area contributed by atoms with E-state index >= 15 is 0 Å².